The van der Waals surface area contributed by atoms with E-state index in [9.17, 15) is 9.50 Å². The molecule has 1 aromatic heterocycles. The van der Waals surface area contributed by atoms with Crippen LogP contribution in [0.15, 0.2) is 28.6 Å². The first kappa shape index (κ1) is 14.6. The molecule has 1 atom stereocenters. The largest absolute Gasteiger partial charge is 0.394 e. The Morgan fingerprint density at radius 1 is 1.42 bits per heavy atom. The molecule has 2 aromatic rings. The lowest BCUT2D eigenvalue weighted by Gasteiger charge is -2.03. The molecule has 19 heavy (non-hydrogen) atoms. The van der Waals surface area contributed by atoms with Gasteiger partial charge in [-0.25, -0.2) is 9.07 Å². The van der Waals surface area contributed by atoms with Crippen molar-refractivity contribution in [1.29, 1.82) is 0 Å². The van der Waals surface area contributed by atoms with Crippen LogP contribution in [0.2, 0.25) is 0 Å². The van der Waals surface area contributed by atoms with Gasteiger partial charge in [-0.2, -0.15) is 0 Å². The Kier molecular flexibility index (Phi) is 5.06. The van der Waals surface area contributed by atoms with Crippen LogP contribution < -0.4 is 0 Å². The fourth-order valence-corrected chi connectivity index (χ4v) is 3.59. The van der Waals surface area contributed by atoms with Crippen LogP contribution in [0.3, 0.4) is 0 Å². The first-order chi connectivity index (χ1) is 9.10. The van der Waals surface area contributed by atoms with Crippen LogP contribution >= 0.6 is 35.3 Å². The average molecular weight is 318 g/mol. The normalized spacial score (nSPS) is 12.6. The van der Waals surface area contributed by atoms with Crippen LogP contribution in [-0.4, -0.2) is 38.5 Å². The number of hydrogen-bond acceptors (Lipinski definition) is 6. The summed E-state index contributed by atoms with van der Waals surface area (Å²) in [5.41, 5.74) is 0.692. The molecule has 0 saturated carbocycles. The number of aliphatic hydroxyl groups is 2. The monoisotopic (exact) mass is 318 g/mol. The van der Waals surface area contributed by atoms with Crippen molar-refractivity contribution in [2.75, 3.05) is 12.4 Å². The van der Waals surface area contributed by atoms with E-state index < -0.39 is 6.10 Å². The molecule has 1 aromatic carbocycles. The molecule has 0 aliphatic rings. The maximum Gasteiger partial charge on any atom is 0.184 e. The van der Waals surface area contributed by atoms with E-state index in [1.54, 1.807) is 16.8 Å². The molecule has 1 heterocycles. The van der Waals surface area contributed by atoms with Gasteiger partial charge in [-0.3, -0.25) is 0 Å². The van der Waals surface area contributed by atoms with E-state index in [-0.39, 0.29) is 12.4 Å². The second-order valence-corrected chi connectivity index (χ2v) is 6.56. The molecule has 0 spiro atoms. The third-order valence-electron chi connectivity index (χ3n) is 2.21. The summed E-state index contributed by atoms with van der Waals surface area (Å²) < 4.78 is 15.6. The highest BCUT2D eigenvalue weighted by atomic mass is 32.2. The topological polar surface area (TPSA) is 58.3 Å². The Hall–Kier alpha value is -0.800. The third kappa shape index (κ3) is 3.83. The van der Waals surface area contributed by atoms with E-state index >= 15 is 0 Å². The number of halogens is 1. The first-order valence-electron chi connectivity index (χ1n) is 5.38. The first-order valence-corrected chi connectivity index (χ1v) is 7.59. The summed E-state index contributed by atoms with van der Waals surface area (Å²) in [5, 5.41) is 22.3. The molecular formula is C11H11FN2O2S3. The van der Waals surface area contributed by atoms with Crippen molar-refractivity contribution in [1.82, 2.24) is 9.78 Å². The standard InChI is InChI=1S/C11H11FN2O2S3/c12-7-1-3-8(4-2-7)14-11(17)19-10(13-14)18-6-9(16)5-15/h1-4,9,15-16H,5-6H2/t9-/m0/s1. The molecule has 102 valence electrons. The zero-order valence-corrected chi connectivity index (χ0v) is 12.1. The molecule has 2 N–H and O–H groups in total. The van der Waals surface area contributed by atoms with Gasteiger partial charge in [0.25, 0.3) is 0 Å². The van der Waals surface area contributed by atoms with E-state index in [1.165, 1.54) is 35.2 Å². The Morgan fingerprint density at radius 3 is 2.74 bits per heavy atom. The minimum Gasteiger partial charge on any atom is -0.394 e. The molecule has 0 radical (unpaired) electrons. The lowest BCUT2D eigenvalue weighted by Crippen LogP contribution is -2.14. The molecule has 0 saturated heterocycles. The Labute approximate surface area is 122 Å². The van der Waals surface area contributed by atoms with Gasteiger partial charge < -0.3 is 10.2 Å². The van der Waals surface area contributed by atoms with Crippen LogP contribution in [0, 0.1) is 9.77 Å². The highest BCUT2D eigenvalue weighted by molar-refractivity contribution is 8.01. The van der Waals surface area contributed by atoms with Gasteiger partial charge in [0.1, 0.15) is 5.82 Å². The predicted molar refractivity (Wildman–Crippen MR) is 76.0 cm³/mol. The molecule has 4 nitrogen and oxygen atoms in total. The van der Waals surface area contributed by atoms with Crippen molar-refractivity contribution in [3.8, 4) is 5.69 Å². The number of rotatable bonds is 5. The van der Waals surface area contributed by atoms with Gasteiger partial charge >= 0.3 is 0 Å². The highest BCUT2D eigenvalue weighted by Crippen LogP contribution is 2.24. The summed E-state index contributed by atoms with van der Waals surface area (Å²) in [5.74, 6) is 0.0357. The number of aliphatic hydroxyl groups excluding tert-OH is 2. The Morgan fingerprint density at radius 2 is 2.11 bits per heavy atom. The summed E-state index contributed by atoms with van der Waals surface area (Å²) in [6, 6.07) is 5.89. The zero-order chi connectivity index (χ0) is 13.8. The van der Waals surface area contributed by atoms with Crippen LogP contribution in [0.4, 0.5) is 4.39 Å². The van der Waals surface area contributed by atoms with Crippen molar-refractivity contribution in [2.24, 2.45) is 0 Å². The quantitative estimate of drug-likeness (QED) is 0.654. The van der Waals surface area contributed by atoms with Crippen molar-refractivity contribution in [2.45, 2.75) is 10.4 Å². The minimum absolute atomic E-state index is 0.281. The molecule has 0 bridgehead atoms. The highest BCUT2D eigenvalue weighted by Gasteiger charge is 2.09. The fourth-order valence-electron chi connectivity index (χ4n) is 1.28. The zero-order valence-electron chi connectivity index (χ0n) is 9.69. The molecule has 8 heteroatoms. The molecule has 2 rings (SSSR count). The number of hydrogen-bond donors (Lipinski definition) is 2. The van der Waals surface area contributed by atoms with Gasteiger partial charge in [-0.05, 0) is 36.5 Å². The smallest absolute Gasteiger partial charge is 0.184 e. The molecule has 0 fully saturated rings. The second-order valence-electron chi connectivity index (χ2n) is 3.67. The van der Waals surface area contributed by atoms with E-state index in [2.05, 4.69) is 5.10 Å². The Bertz CT molecular complexity index is 597. The van der Waals surface area contributed by atoms with Crippen LogP contribution in [0.1, 0.15) is 0 Å². The van der Waals surface area contributed by atoms with Crippen LogP contribution in [0.5, 0.6) is 0 Å². The summed E-state index contributed by atoms with van der Waals surface area (Å²) in [4.78, 5) is 0. The lowest BCUT2D eigenvalue weighted by molar-refractivity contribution is 0.113. The van der Waals surface area contributed by atoms with E-state index in [0.29, 0.717) is 19.7 Å². The third-order valence-corrected chi connectivity index (χ3v) is 4.72. The van der Waals surface area contributed by atoms with Gasteiger partial charge in [0, 0.05) is 5.75 Å². The molecular weight excluding hydrogens is 307 g/mol. The maximum atomic E-state index is 12.8. The Balaban J connectivity index is 2.17. The number of benzene rings is 1. The average Bonchev–Trinajstić information content (AvgIpc) is 2.78. The molecule has 0 aliphatic heterocycles. The van der Waals surface area contributed by atoms with E-state index in [4.69, 9.17) is 17.3 Å². The van der Waals surface area contributed by atoms with E-state index in [1.807, 2.05) is 0 Å². The molecule has 0 amide bonds. The van der Waals surface area contributed by atoms with Gasteiger partial charge in [-0.1, -0.05) is 23.1 Å². The predicted octanol–water partition coefficient (Wildman–Crippen LogP) is 2.25. The lowest BCUT2D eigenvalue weighted by atomic mass is 10.3. The van der Waals surface area contributed by atoms with Crippen molar-refractivity contribution < 1.29 is 14.6 Å². The van der Waals surface area contributed by atoms with Crippen LogP contribution in [-0.2, 0) is 0 Å². The van der Waals surface area contributed by atoms with Crippen LogP contribution in [0.25, 0.3) is 5.69 Å². The fraction of sp³-hybridized carbons (Fsp3) is 0.273. The van der Waals surface area contributed by atoms with Gasteiger partial charge in [0.15, 0.2) is 8.29 Å². The summed E-state index contributed by atoms with van der Waals surface area (Å²) in [6.45, 7) is -0.281. The SMILES string of the molecule is OC[C@H](O)CSc1nn(-c2ccc(F)cc2)c(=S)s1. The van der Waals surface area contributed by atoms with Gasteiger partial charge in [0.2, 0.25) is 0 Å². The number of nitrogens with zero attached hydrogens (tertiary/aromatic N) is 2. The summed E-state index contributed by atoms with van der Waals surface area (Å²) >= 11 is 7.83. The van der Waals surface area contributed by atoms with Gasteiger partial charge in [-0.15, -0.1) is 5.10 Å². The summed E-state index contributed by atoms with van der Waals surface area (Å²) in [6.07, 6.45) is -0.776. The van der Waals surface area contributed by atoms with Crippen molar-refractivity contribution in [3.63, 3.8) is 0 Å². The number of aromatic nitrogens is 2. The van der Waals surface area contributed by atoms with Crippen molar-refractivity contribution in [3.05, 3.63) is 34.0 Å². The molecule has 0 aliphatic carbocycles. The minimum atomic E-state index is -0.776. The van der Waals surface area contributed by atoms with Gasteiger partial charge in [0.05, 0.1) is 18.4 Å². The summed E-state index contributed by atoms with van der Waals surface area (Å²) in [7, 11) is 0. The second kappa shape index (κ2) is 6.58. The molecule has 0 unspecified atom stereocenters. The maximum absolute atomic E-state index is 12.8. The number of thioether (sulfide) groups is 1. The van der Waals surface area contributed by atoms with E-state index in [0.717, 1.165) is 0 Å². The van der Waals surface area contributed by atoms with Crippen molar-refractivity contribution >= 4 is 35.3 Å².